The molecule has 5 heteroatoms. The van der Waals surface area contributed by atoms with Crippen LogP contribution in [0.4, 0.5) is 0 Å². The van der Waals surface area contributed by atoms with E-state index in [-0.39, 0.29) is 0 Å². The van der Waals surface area contributed by atoms with E-state index in [1.54, 1.807) is 4.68 Å². The number of aliphatic hydroxyl groups excluding tert-OH is 1. The number of aliphatic hydroxyl groups is 1. The molecule has 5 nitrogen and oxygen atoms in total. The highest BCUT2D eigenvalue weighted by Gasteiger charge is 2.07. The van der Waals surface area contributed by atoms with E-state index in [2.05, 4.69) is 23.6 Å². The maximum atomic E-state index is 8.07. The molecule has 0 amide bonds. The summed E-state index contributed by atoms with van der Waals surface area (Å²) in [6.07, 6.45) is 11.6. The van der Waals surface area contributed by atoms with Crippen molar-refractivity contribution >= 4 is 6.08 Å². The third kappa shape index (κ3) is 5.33. The second kappa shape index (κ2) is 9.00. The monoisotopic (exact) mass is 302 g/mol. The van der Waals surface area contributed by atoms with Gasteiger partial charge in [0.2, 0.25) is 0 Å². The second-order valence-electron chi connectivity index (χ2n) is 5.22. The SMILES string of the molecule is C=C(C)/C=C\c1ncc(-c2cnn(C)c2)n1C.CCCCO. The standard InChI is InChI=1S/C13H16N4.C4H10O/c1-10(2)5-6-13-14-8-12(17(13)4)11-7-15-16(3)9-11;1-2-3-4-5/h5-9H,1H2,2-4H3;5H,2-4H2,1H3/b6-5-;. The molecule has 0 unspecified atom stereocenters. The highest BCUT2D eigenvalue weighted by Crippen LogP contribution is 2.19. The van der Waals surface area contributed by atoms with Crippen LogP contribution >= 0.6 is 0 Å². The molecule has 0 spiro atoms. The molecule has 2 aromatic rings. The van der Waals surface area contributed by atoms with Crippen LogP contribution in [0.3, 0.4) is 0 Å². The zero-order valence-electron chi connectivity index (χ0n) is 14.0. The minimum Gasteiger partial charge on any atom is -0.396 e. The molecular weight excluding hydrogens is 276 g/mol. The summed E-state index contributed by atoms with van der Waals surface area (Å²) >= 11 is 0. The molecule has 2 aromatic heterocycles. The van der Waals surface area contributed by atoms with Crippen molar-refractivity contribution in [2.24, 2.45) is 14.1 Å². The Morgan fingerprint density at radius 3 is 2.55 bits per heavy atom. The van der Waals surface area contributed by atoms with Crippen LogP contribution < -0.4 is 0 Å². The van der Waals surface area contributed by atoms with Gasteiger partial charge in [-0.1, -0.05) is 31.6 Å². The molecule has 0 fully saturated rings. The lowest BCUT2D eigenvalue weighted by Gasteiger charge is -2.00. The Labute approximate surface area is 132 Å². The fourth-order valence-electron chi connectivity index (χ4n) is 1.78. The fourth-order valence-corrected chi connectivity index (χ4v) is 1.78. The lowest BCUT2D eigenvalue weighted by molar-refractivity contribution is 0.287. The van der Waals surface area contributed by atoms with Gasteiger partial charge in [0, 0.05) is 32.5 Å². The van der Waals surface area contributed by atoms with Crippen LogP contribution in [0.1, 0.15) is 32.5 Å². The van der Waals surface area contributed by atoms with Gasteiger partial charge in [-0.15, -0.1) is 0 Å². The average molecular weight is 302 g/mol. The minimum atomic E-state index is 0.344. The molecule has 0 saturated carbocycles. The predicted molar refractivity (Wildman–Crippen MR) is 91.3 cm³/mol. The summed E-state index contributed by atoms with van der Waals surface area (Å²) in [5, 5.41) is 12.2. The Morgan fingerprint density at radius 1 is 1.36 bits per heavy atom. The third-order valence-corrected chi connectivity index (χ3v) is 3.05. The van der Waals surface area contributed by atoms with E-state index in [0.29, 0.717) is 6.61 Å². The first-order chi connectivity index (χ1) is 10.5. The van der Waals surface area contributed by atoms with Crippen molar-refractivity contribution in [3.8, 4) is 11.3 Å². The number of unbranched alkanes of at least 4 members (excludes halogenated alkanes) is 1. The van der Waals surface area contributed by atoms with Crippen LogP contribution in [0, 0.1) is 0 Å². The van der Waals surface area contributed by atoms with Gasteiger partial charge in [-0.25, -0.2) is 4.98 Å². The van der Waals surface area contributed by atoms with Gasteiger partial charge in [0.25, 0.3) is 0 Å². The van der Waals surface area contributed by atoms with Crippen molar-refractivity contribution < 1.29 is 5.11 Å². The summed E-state index contributed by atoms with van der Waals surface area (Å²) in [4.78, 5) is 4.37. The largest absolute Gasteiger partial charge is 0.396 e. The van der Waals surface area contributed by atoms with Crippen molar-refractivity contribution in [2.75, 3.05) is 6.61 Å². The summed E-state index contributed by atoms with van der Waals surface area (Å²) in [6.45, 7) is 8.19. The minimum absolute atomic E-state index is 0.344. The highest BCUT2D eigenvalue weighted by atomic mass is 16.2. The molecule has 0 radical (unpaired) electrons. The lowest BCUT2D eigenvalue weighted by atomic mass is 10.3. The Hall–Kier alpha value is -2.14. The molecule has 0 aromatic carbocycles. The number of hydrogen-bond acceptors (Lipinski definition) is 3. The Bertz CT molecular complexity index is 620. The zero-order chi connectivity index (χ0) is 16.5. The Morgan fingerprint density at radius 2 is 2.09 bits per heavy atom. The number of imidazole rings is 1. The molecule has 0 aliphatic carbocycles. The first-order valence-electron chi connectivity index (χ1n) is 7.44. The predicted octanol–water partition coefficient (Wildman–Crippen LogP) is 3.19. The maximum absolute atomic E-state index is 8.07. The molecule has 0 aliphatic heterocycles. The van der Waals surface area contributed by atoms with Crippen LogP contribution in [0.5, 0.6) is 0 Å². The van der Waals surface area contributed by atoms with Crippen LogP contribution in [-0.2, 0) is 14.1 Å². The first-order valence-corrected chi connectivity index (χ1v) is 7.44. The normalized spacial score (nSPS) is 10.6. The molecule has 2 heterocycles. The van der Waals surface area contributed by atoms with E-state index < -0.39 is 0 Å². The van der Waals surface area contributed by atoms with Gasteiger partial charge in [-0.2, -0.15) is 5.10 Å². The number of nitrogens with zero attached hydrogens (tertiary/aromatic N) is 4. The van der Waals surface area contributed by atoms with Crippen LogP contribution in [-0.4, -0.2) is 31.0 Å². The van der Waals surface area contributed by atoms with Gasteiger partial charge in [0.05, 0.1) is 18.1 Å². The number of aryl methyl sites for hydroxylation is 1. The Kier molecular flexibility index (Phi) is 7.32. The first kappa shape index (κ1) is 17.9. The van der Waals surface area contributed by atoms with E-state index in [0.717, 1.165) is 35.5 Å². The molecule has 0 saturated heterocycles. The van der Waals surface area contributed by atoms with Crippen molar-refractivity contribution in [3.63, 3.8) is 0 Å². The van der Waals surface area contributed by atoms with Crippen LogP contribution in [0.15, 0.2) is 36.8 Å². The number of hydrogen-bond donors (Lipinski definition) is 1. The molecule has 120 valence electrons. The van der Waals surface area contributed by atoms with Gasteiger partial charge < -0.3 is 9.67 Å². The lowest BCUT2D eigenvalue weighted by Crippen LogP contribution is -1.94. The summed E-state index contributed by atoms with van der Waals surface area (Å²) in [5.41, 5.74) is 3.13. The van der Waals surface area contributed by atoms with Crippen molar-refractivity contribution in [3.05, 3.63) is 42.6 Å². The van der Waals surface area contributed by atoms with Gasteiger partial charge in [-0.05, 0) is 19.4 Å². The third-order valence-electron chi connectivity index (χ3n) is 3.05. The van der Waals surface area contributed by atoms with Gasteiger partial charge in [0.15, 0.2) is 0 Å². The van der Waals surface area contributed by atoms with Crippen molar-refractivity contribution in [1.82, 2.24) is 19.3 Å². The quantitative estimate of drug-likeness (QED) is 0.863. The van der Waals surface area contributed by atoms with E-state index in [1.165, 1.54) is 0 Å². The van der Waals surface area contributed by atoms with E-state index >= 15 is 0 Å². The zero-order valence-corrected chi connectivity index (χ0v) is 14.0. The van der Waals surface area contributed by atoms with Crippen molar-refractivity contribution in [2.45, 2.75) is 26.7 Å². The summed E-state index contributed by atoms with van der Waals surface area (Å²) in [5.74, 6) is 0.909. The summed E-state index contributed by atoms with van der Waals surface area (Å²) in [6, 6.07) is 0. The van der Waals surface area contributed by atoms with Gasteiger partial charge >= 0.3 is 0 Å². The van der Waals surface area contributed by atoms with Crippen molar-refractivity contribution in [1.29, 1.82) is 0 Å². The number of allylic oxidation sites excluding steroid dienone is 2. The summed E-state index contributed by atoms with van der Waals surface area (Å²) in [7, 11) is 3.90. The molecule has 0 aliphatic rings. The average Bonchev–Trinajstić information content (AvgIpc) is 3.04. The molecule has 2 rings (SSSR count). The van der Waals surface area contributed by atoms with E-state index in [1.807, 2.05) is 56.3 Å². The van der Waals surface area contributed by atoms with Gasteiger partial charge in [0.1, 0.15) is 5.82 Å². The summed E-state index contributed by atoms with van der Waals surface area (Å²) < 4.78 is 3.82. The molecule has 1 N–H and O–H groups in total. The molecule has 0 atom stereocenters. The molecule has 22 heavy (non-hydrogen) atoms. The smallest absolute Gasteiger partial charge is 0.132 e. The topological polar surface area (TPSA) is 55.9 Å². The highest BCUT2D eigenvalue weighted by molar-refractivity contribution is 5.60. The Balaban J connectivity index is 0.000000422. The van der Waals surface area contributed by atoms with E-state index in [9.17, 15) is 0 Å². The second-order valence-corrected chi connectivity index (χ2v) is 5.22. The van der Waals surface area contributed by atoms with E-state index in [4.69, 9.17) is 5.11 Å². The fraction of sp³-hybridized carbons (Fsp3) is 0.412. The number of aromatic nitrogens is 4. The van der Waals surface area contributed by atoms with Crippen LogP contribution in [0.25, 0.3) is 17.3 Å². The molecular formula is C17H26N4O. The maximum Gasteiger partial charge on any atom is 0.132 e. The number of rotatable bonds is 5. The van der Waals surface area contributed by atoms with Gasteiger partial charge in [-0.3, -0.25) is 4.68 Å². The molecule has 0 bridgehead atoms. The van der Waals surface area contributed by atoms with Crippen LogP contribution in [0.2, 0.25) is 0 Å².